The maximum atomic E-state index is 12.8. The predicted molar refractivity (Wildman–Crippen MR) is 128 cm³/mol. The number of benzene rings is 1. The molecule has 1 aromatic carbocycles. The van der Waals surface area contributed by atoms with Crippen molar-refractivity contribution in [1.29, 1.82) is 0 Å². The van der Waals surface area contributed by atoms with Gasteiger partial charge in [-0.15, -0.1) is 11.3 Å². The highest BCUT2D eigenvalue weighted by atomic mass is 32.1. The summed E-state index contributed by atoms with van der Waals surface area (Å²) in [5.41, 5.74) is 3.49. The highest BCUT2D eigenvalue weighted by molar-refractivity contribution is 7.14. The number of rotatable bonds is 6. The van der Waals surface area contributed by atoms with Crippen molar-refractivity contribution in [3.05, 3.63) is 75.0 Å². The van der Waals surface area contributed by atoms with Crippen molar-refractivity contribution < 1.29 is 14.3 Å². The Balaban J connectivity index is 1.44. The maximum absolute atomic E-state index is 12.8. The van der Waals surface area contributed by atoms with Gasteiger partial charge >= 0.3 is 5.97 Å². The second-order valence-corrected chi connectivity index (χ2v) is 8.37. The highest BCUT2D eigenvalue weighted by Gasteiger charge is 2.19. The average Bonchev–Trinajstić information content (AvgIpc) is 3.26. The molecule has 0 saturated heterocycles. The average molecular weight is 463 g/mol. The van der Waals surface area contributed by atoms with Crippen LogP contribution in [-0.4, -0.2) is 33.0 Å². The molecule has 168 valence electrons. The minimum atomic E-state index is -0.862. The number of anilines is 1. The molecule has 4 rings (SSSR count). The quantitative estimate of drug-likeness (QED) is 0.435. The first-order valence-electron chi connectivity index (χ1n) is 10.4. The van der Waals surface area contributed by atoms with E-state index in [9.17, 15) is 14.4 Å². The zero-order chi connectivity index (χ0) is 23.5. The van der Waals surface area contributed by atoms with Gasteiger partial charge in [-0.3, -0.25) is 14.9 Å². The molecule has 0 bridgehead atoms. The van der Waals surface area contributed by atoms with Crippen LogP contribution in [0.3, 0.4) is 0 Å². The van der Waals surface area contributed by atoms with Crippen LogP contribution < -0.4 is 10.7 Å². The number of aryl methyl sites for hydroxylation is 3. The van der Waals surface area contributed by atoms with Crippen LogP contribution in [0.15, 0.2) is 52.8 Å². The lowest BCUT2D eigenvalue weighted by atomic mass is 10.1. The summed E-state index contributed by atoms with van der Waals surface area (Å²) in [6, 6.07) is 11.3. The topological polar surface area (TPSA) is 103 Å². The van der Waals surface area contributed by atoms with E-state index >= 15 is 0 Å². The van der Waals surface area contributed by atoms with Gasteiger partial charge in [0.1, 0.15) is 11.2 Å². The van der Waals surface area contributed by atoms with E-state index in [4.69, 9.17) is 4.74 Å². The lowest BCUT2D eigenvalue weighted by Crippen LogP contribution is -2.25. The van der Waals surface area contributed by atoms with Crippen molar-refractivity contribution in [3.8, 4) is 11.3 Å². The van der Waals surface area contributed by atoms with Crippen LogP contribution in [0.2, 0.25) is 0 Å². The molecular formula is C24H22N4O4S. The number of ether oxygens (including phenoxy) is 1. The van der Waals surface area contributed by atoms with E-state index in [2.05, 4.69) is 15.3 Å². The van der Waals surface area contributed by atoms with Crippen LogP contribution in [0.25, 0.3) is 22.3 Å². The summed E-state index contributed by atoms with van der Waals surface area (Å²) < 4.78 is 6.82. The van der Waals surface area contributed by atoms with E-state index in [-0.39, 0.29) is 5.56 Å². The van der Waals surface area contributed by atoms with Crippen LogP contribution in [0, 0.1) is 13.8 Å². The third kappa shape index (κ3) is 4.83. The molecule has 3 heterocycles. The number of carbonyl (C=O) groups is 2. The molecule has 0 aliphatic heterocycles. The summed E-state index contributed by atoms with van der Waals surface area (Å²) in [6.07, 6.45) is 1.42. The van der Waals surface area contributed by atoms with Gasteiger partial charge in [0, 0.05) is 29.4 Å². The van der Waals surface area contributed by atoms with Gasteiger partial charge in [0.15, 0.2) is 11.7 Å². The monoisotopic (exact) mass is 462 g/mol. The third-order valence-corrected chi connectivity index (χ3v) is 5.81. The summed E-state index contributed by atoms with van der Waals surface area (Å²) in [4.78, 5) is 46.4. The Kier molecular flexibility index (Phi) is 6.32. The molecule has 0 fully saturated rings. The van der Waals surface area contributed by atoms with Crippen molar-refractivity contribution in [2.24, 2.45) is 0 Å². The molecule has 3 aromatic heterocycles. The number of aromatic nitrogens is 3. The number of hydrogen-bond donors (Lipinski definition) is 1. The number of pyridine rings is 2. The molecule has 1 amide bonds. The van der Waals surface area contributed by atoms with Gasteiger partial charge in [-0.2, -0.15) is 0 Å². The van der Waals surface area contributed by atoms with Gasteiger partial charge in [0.05, 0.1) is 11.1 Å². The molecule has 9 heteroatoms. The second kappa shape index (κ2) is 9.33. The first-order valence-corrected chi connectivity index (χ1v) is 11.2. The summed E-state index contributed by atoms with van der Waals surface area (Å²) >= 11 is 1.27. The Morgan fingerprint density at radius 2 is 1.85 bits per heavy atom. The lowest BCUT2D eigenvalue weighted by Gasteiger charge is -2.11. The zero-order valence-corrected chi connectivity index (χ0v) is 19.2. The summed E-state index contributed by atoms with van der Waals surface area (Å²) in [5.74, 6) is -1.40. The van der Waals surface area contributed by atoms with Crippen molar-refractivity contribution in [2.75, 3.05) is 11.9 Å². The SMILES string of the molecule is CCn1cc(C(=O)OCC(=O)Nc2nc(-c3ccc(C)cc3)cs2)c(=O)c2ccc(C)nc21. The molecule has 0 spiro atoms. The minimum Gasteiger partial charge on any atom is -0.452 e. The Morgan fingerprint density at radius 1 is 1.09 bits per heavy atom. The predicted octanol–water partition coefficient (Wildman–Crippen LogP) is 3.95. The molecule has 0 atom stereocenters. The summed E-state index contributed by atoms with van der Waals surface area (Å²) in [5, 5.41) is 5.18. The van der Waals surface area contributed by atoms with E-state index in [1.807, 2.05) is 50.4 Å². The van der Waals surface area contributed by atoms with E-state index in [1.165, 1.54) is 17.5 Å². The molecule has 4 aromatic rings. The van der Waals surface area contributed by atoms with Crippen LogP contribution in [0.5, 0.6) is 0 Å². The smallest absolute Gasteiger partial charge is 0.344 e. The number of esters is 1. The van der Waals surface area contributed by atoms with Crippen LogP contribution in [-0.2, 0) is 16.1 Å². The summed E-state index contributed by atoms with van der Waals surface area (Å²) in [6.45, 7) is 5.70. The maximum Gasteiger partial charge on any atom is 0.344 e. The third-order valence-electron chi connectivity index (χ3n) is 5.05. The largest absolute Gasteiger partial charge is 0.452 e. The number of carbonyl (C=O) groups excluding carboxylic acids is 2. The highest BCUT2D eigenvalue weighted by Crippen LogP contribution is 2.25. The van der Waals surface area contributed by atoms with Gasteiger partial charge < -0.3 is 9.30 Å². The standard InChI is InChI=1S/C24H22N4O4S/c1-4-28-11-18(21(30)17-10-7-15(3)25-22(17)28)23(31)32-12-20(29)27-24-26-19(13-33-24)16-8-5-14(2)6-9-16/h5-11,13H,4,12H2,1-3H3,(H,26,27,29). The van der Waals surface area contributed by atoms with Crippen molar-refractivity contribution >= 4 is 39.4 Å². The number of hydrogen-bond acceptors (Lipinski definition) is 7. The normalized spacial score (nSPS) is 10.9. The molecule has 8 nitrogen and oxygen atoms in total. The molecule has 0 unspecified atom stereocenters. The molecule has 1 N–H and O–H groups in total. The molecule has 0 aliphatic rings. The Bertz CT molecular complexity index is 1410. The van der Waals surface area contributed by atoms with Crippen LogP contribution >= 0.6 is 11.3 Å². The van der Waals surface area contributed by atoms with Gasteiger partial charge in [-0.25, -0.2) is 14.8 Å². The molecule has 0 radical (unpaired) electrons. The van der Waals surface area contributed by atoms with Gasteiger partial charge in [0.2, 0.25) is 5.43 Å². The number of nitrogens with one attached hydrogen (secondary N) is 1. The van der Waals surface area contributed by atoms with E-state index in [0.717, 1.165) is 22.5 Å². The number of amides is 1. The zero-order valence-electron chi connectivity index (χ0n) is 18.4. The van der Waals surface area contributed by atoms with Crippen molar-refractivity contribution in [3.63, 3.8) is 0 Å². The molecule has 33 heavy (non-hydrogen) atoms. The fourth-order valence-electron chi connectivity index (χ4n) is 3.30. The van der Waals surface area contributed by atoms with Crippen LogP contribution in [0.1, 0.15) is 28.5 Å². The van der Waals surface area contributed by atoms with Gasteiger partial charge in [-0.1, -0.05) is 29.8 Å². The summed E-state index contributed by atoms with van der Waals surface area (Å²) in [7, 11) is 0. The molecular weight excluding hydrogens is 440 g/mol. The van der Waals surface area contributed by atoms with E-state index in [1.54, 1.807) is 16.7 Å². The van der Waals surface area contributed by atoms with Crippen molar-refractivity contribution in [2.45, 2.75) is 27.3 Å². The van der Waals surface area contributed by atoms with Crippen molar-refractivity contribution in [1.82, 2.24) is 14.5 Å². The molecule has 0 aliphatic carbocycles. The number of nitrogens with zero attached hydrogens (tertiary/aromatic N) is 3. The first-order chi connectivity index (χ1) is 15.9. The van der Waals surface area contributed by atoms with Gasteiger partial charge in [0.25, 0.3) is 5.91 Å². The van der Waals surface area contributed by atoms with E-state index < -0.39 is 23.9 Å². The second-order valence-electron chi connectivity index (χ2n) is 7.51. The minimum absolute atomic E-state index is 0.140. The molecule has 0 saturated carbocycles. The fraction of sp³-hybridized carbons (Fsp3) is 0.208. The number of fused-ring (bicyclic) bond motifs is 1. The van der Waals surface area contributed by atoms with E-state index in [0.29, 0.717) is 22.7 Å². The number of thiazole rings is 1. The fourth-order valence-corrected chi connectivity index (χ4v) is 4.03. The Morgan fingerprint density at radius 3 is 2.58 bits per heavy atom. The Labute approximate surface area is 193 Å². The first kappa shape index (κ1) is 22.3. The lowest BCUT2D eigenvalue weighted by molar-refractivity contribution is -0.119. The van der Waals surface area contributed by atoms with Crippen LogP contribution in [0.4, 0.5) is 5.13 Å². The van der Waals surface area contributed by atoms with Gasteiger partial charge in [-0.05, 0) is 32.9 Å². The Hall–Kier alpha value is -3.85.